The molecule has 1 aromatic rings. The van der Waals surface area contributed by atoms with E-state index in [9.17, 15) is 4.79 Å². The number of rotatable bonds is 6. The van der Waals surface area contributed by atoms with E-state index >= 15 is 0 Å². The third-order valence-electron chi connectivity index (χ3n) is 3.30. The number of morpholine rings is 1. The SMILES string of the molecule is CCC(CO)NC(=O)c1csc(CN2CCOCC2)n1. The number of aliphatic hydroxyl groups excluding tert-OH is 1. The summed E-state index contributed by atoms with van der Waals surface area (Å²) in [7, 11) is 0. The van der Waals surface area contributed by atoms with Crippen LogP contribution in [0.5, 0.6) is 0 Å². The second-order valence-electron chi connectivity index (χ2n) is 4.78. The molecule has 0 saturated carbocycles. The van der Waals surface area contributed by atoms with Crippen molar-refractivity contribution in [3.8, 4) is 0 Å². The lowest BCUT2D eigenvalue weighted by molar-refractivity contribution is 0.0341. The minimum Gasteiger partial charge on any atom is -0.394 e. The lowest BCUT2D eigenvalue weighted by Crippen LogP contribution is -2.37. The Bertz CT molecular complexity index is 428. The van der Waals surface area contributed by atoms with Crippen molar-refractivity contribution in [2.45, 2.75) is 25.9 Å². The van der Waals surface area contributed by atoms with Gasteiger partial charge in [0, 0.05) is 18.5 Å². The Morgan fingerprint density at radius 1 is 1.60 bits per heavy atom. The number of carbonyl (C=O) groups is 1. The van der Waals surface area contributed by atoms with E-state index in [0.29, 0.717) is 12.1 Å². The van der Waals surface area contributed by atoms with Gasteiger partial charge in [0.05, 0.1) is 32.4 Å². The Hall–Kier alpha value is -1.02. The van der Waals surface area contributed by atoms with Crippen molar-refractivity contribution < 1.29 is 14.6 Å². The average molecular weight is 299 g/mol. The molecule has 1 fully saturated rings. The molecule has 1 saturated heterocycles. The normalized spacial score (nSPS) is 17.9. The zero-order valence-electron chi connectivity index (χ0n) is 11.7. The van der Waals surface area contributed by atoms with Gasteiger partial charge in [0.1, 0.15) is 10.7 Å². The van der Waals surface area contributed by atoms with Crippen LogP contribution in [0.25, 0.3) is 0 Å². The smallest absolute Gasteiger partial charge is 0.271 e. The Morgan fingerprint density at radius 2 is 2.35 bits per heavy atom. The van der Waals surface area contributed by atoms with Crippen LogP contribution in [-0.2, 0) is 11.3 Å². The van der Waals surface area contributed by atoms with Crippen LogP contribution < -0.4 is 5.32 Å². The molecule has 2 N–H and O–H groups in total. The number of aliphatic hydroxyl groups is 1. The summed E-state index contributed by atoms with van der Waals surface area (Å²) < 4.78 is 5.30. The molecule has 6 nitrogen and oxygen atoms in total. The predicted octanol–water partition coefficient (Wildman–Crippen LogP) is 0.476. The second-order valence-corrected chi connectivity index (χ2v) is 5.72. The van der Waals surface area contributed by atoms with E-state index in [1.54, 1.807) is 5.38 Å². The molecular weight excluding hydrogens is 278 g/mol. The summed E-state index contributed by atoms with van der Waals surface area (Å²) >= 11 is 1.50. The van der Waals surface area contributed by atoms with E-state index in [1.807, 2.05) is 6.92 Å². The van der Waals surface area contributed by atoms with Gasteiger partial charge in [-0.2, -0.15) is 0 Å². The fraction of sp³-hybridized carbons (Fsp3) is 0.692. The van der Waals surface area contributed by atoms with Crippen LogP contribution >= 0.6 is 11.3 Å². The molecule has 1 amide bonds. The Balaban J connectivity index is 1.89. The maximum absolute atomic E-state index is 12.0. The van der Waals surface area contributed by atoms with E-state index in [-0.39, 0.29) is 18.6 Å². The number of nitrogens with zero attached hydrogens (tertiary/aromatic N) is 2. The lowest BCUT2D eigenvalue weighted by Gasteiger charge is -2.25. The zero-order valence-corrected chi connectivity index (χ0v) is 12.5. The highest BCUT2D eigenvalue weighted by atomic mass is 32.1. The van der Waals surface area contributed by atoms with Gasteiger partial charge >= 0.3 is 0 Å². The highest BCUT2D eigenvalue weighted by Gasteiger charge is 2.17. The van der Waals surface area contributed by atoms with Crippen LogP contribution in [0, 0.1) is 0 Å². The average Bonchev–Trinajstić information content (AvgIpc) is 2.94. The third-order valence-corrected chi connectivity index (χ3v) is 4.13. The van der Waals surface area contributed by atoms with Gasteiger partial charge in [0.2, 0.25) is 0 Å². The van der Waals surface area contributed by atoms with Crippen LogP contribution in [-0.4, -0.2) is 59.8 Å². The number of amides is 1. The molecule has 0 aliphatic carbocycles. The van der Waals surface area contributed by atoms with Crippen LogP contribution in [0.1, 0.15) is 28.8 Å². The summed E-state index contributed by atoms with van der Waals surface area (Å²) in [6.45, 7) is 5.96. The summed E-state index contributed by atoms with van der Waals surface area (Å²) in [5.41, 5.74) is 0.435. The molecule has 7 heteroatoms. The van der Waals surface area contributed by atoms with Crippen molar-refractivity contribution in [3.63, 3.8) is 0 Å². The summed E-state index contributed by atoms with van der Waals surface area (Å²) in [5, 5.41) is 14.6. The highest BCUT2D eigenvalue weighted by molar-refractivity contribution is 7.09. The topological polar surface area (TPSA) is 74.7 Å². The number of ether oxygens (including phenoxy) is 1. The minimum absolute atomic E-state index is 0.0486. The summed E-state index contributed by atoms with van der Waals surface area (Å²) in [5.74, 6) is -0.213. The van der Waals surface area contributed by atoms with E-state index < -0.39 is 0 Å². The molecule has 0 aromatic carbocycles. The summed E-state index contributed by atoms with van der Waals surface area (Å²) in [6, 6.07) is -0.202. The number of nitrogens with one attached hydrogen (secondary N) is 1. The largest absolute Gasteiger partial charge is 0.394 e. The zero-order chi connectivity index (χ0) is 14.4. The van der Waals surface area contributed by atoms with Gasteiger partial charge in [-0.25, -0.2) is 4.98 Å². The van der Waals surface area contributed by atoms with Crippen LogP contribution in [0.3, 0.4) is 0 Å². The first-order chi connectivity index (χ1) is 9.72. The van der Waals surface area contributed by atoms with Crippen LogP contribution in [0.4, 0.5) is 0 Å². The quantitative estimate of drug-likeness (QED) is 0.799. The Labute approximate surface area is 122 Å². The summed E-state index contributed by atoms with van der Waals surface area (Å²) in [4.78, 5) is 18.6. The van der Waals surface area contributed by atoms with Gasteiger partial charge in [-0.05, 0) is 6.42 Å². The fourth-order valence-electron chi connectivity index (χ4n) is 1.97. The van der Waals surface area contributed by atoms with Crippen molar-refractivity contribution >= 4 is 17.2 Å². The highest BCUT2D eigenvalue weighted by Crippen LogP contribution is 2.13. The van der Waals surface area contributed by atoms with E-state index in [0.717, 1.165) is 37.9 Å². The van der Waals surface area contributed by atoms with E-state index in [4.69, 9.17) is 9.84 Å². The fourth-order valence-corrected chi connectivity index (χ4v) is 2.79. The molecule has 20 heavy (non-hydrogen) atoms. The van der Waals surface area contributed by atoms with Crippen molar-refractivity contribution in [2.24, 2.45) is 0 Å². The van der Waals surface area contributed by atoms with Gasteiger partial charge in [-0.15, -0.1) is 11.3 Å². The second kappa shape index (κ2) is 7.68. The van der Waals surface area contributed by atoms with Gasteiger partial charge in [-0.1, -0.05) is 6.92 Å². The number of carbonyl (C=O) groups excluding carboxylic acids is 1. The molecule has 0 bridgehead atoms. The van der Waals surface area contributed by atoms with E-state index in [2.05, 4.69) is 15.2 Å². The number of hydrogen-bond donors (Lipinski definition) is 2. The minimum atomic E-state index is -0.213. The summed E-state index contributed by atoms with van der Waals surface area (Å²) in [6.07, 6.45) is 0.701. The number of aromatic nitrogens is 1. The molecular formula is C13H21N3O3S. The van der Waals surface area contributed by atoms with Gasteiger partial charge in [0.15, 0.2) is 0 Å². The van der Waals surface area contributed by atoms with E-state index in [1.165, 1.54) is 11.3 Å². The maximum Gasteiger partial charge on any atom is 0.271 e. The first kappa shape index (κ1) is 15.4. The van der Waals surface area contributed by atoms with Crippen LogP contribution in [0.2, 0.25) is 0 Å². The van der Waals surface area contributed by atoms with Gasteiger partial charge < -0.3 is 15.2 Å². The first-order valence-electron chi connectivity index (χ1n) is 6.89. The molecule has 1 aliphatic heterocycles. The number of thiazole rings is 1. The van der Waals surface area contributed by atoms with Gasteiger partial charge in [-0.3, -0.25) is 9.69 Å². The predicted molar refractivity (Wildman–Crippen MR) is 76.8 cm³/mol. The lowest BCUT2D eigenvalue weighted by atomic mass is 10.2. The number of hydrogen-bond acceptors (Lipinski definition) is 6. The molecule has 1 aromatic heterocycles. The first-order valence-corrected chi connectivity index (χ1v) is 7.77. The molecule has 1 unspecified atom stereocenters. The maximum atomic E-state index is 12.0. The molecule has 0 spiro atoms. The van der Waals surface area contributed by atoms with Gasteiger partial charge in [0.25, 0.3) is 5.91 Å². The molecule has 2 heterocycles. The molecule has 0 radical (unpaired) electrons. The molecule has 1 atom stereocenters. The Morgan fingerprint density at radius 3 is 3.00 bits per heavy atom. The van der Waals surface area contributed by atoms with Crippen molar-refractivity contribution in [1.29, 1.82) is 0 Å². The monoisotopic (exact) mass is 299 g/mol. The van der Waals surface area contributed by atoms with Crippen molar-refractivity contribution in [1.82, 2.24) is 15.2 Å². The molecule has 112 valence electrons. The van der Waals surface area contributed by atoms with Crippen LogP contribution in [0.15, 0.2) is 5.38 Å². The molecule has 2 rings (SSSR count). The van der Waals surface area contributed by atoms with Crippen molar-refractivity contribution in [2.75, 3.05) is 32.9 Å². The van der Waals surface area contributed by atoms with Crippen molar-refractivity contribution in [3.05, 3.63) is 16.1 Å². The standard InChI is InChI=1S/C13H21N3O3S/c1-2-10(8-17)14-13(18)11-9-20-12(15-11)7-16-3-5-19-6-4-16/h9-10,17H,2-8H2,1H3,(H,14,18). The molecule has 1 aliphatic rings. The third kappa shape index (κ3) is 4.24. The Kier molecular flexibility index (Phi) is 5.90.